The van der Waals surface area contributed by atoms with Gasteiger partial charge in [-0.2, -0.15) is 5.10 Å². The summed E-state index contributed by atoms with van der Waals surface area (Å²) in [5, 5.41) is 12.7. The maximum atomic E-state index is 8.60. The number of nitrogens with zero attached hydrogens (tertiary/aromatic N) is 2. The molecule has 74 valence electrons. The van der Waals surface area contributed by atoms with Gasteiger partial charge in [-0.25, -0.2) is 0 Å². The summed E-state index contributed by atoms with van der Waals surface area (Å²) in [5.74, 6) is 0.805. The lowest BCUT2D eigenvalue weighted by molar-refractivity contribution is 0.276. The first-order valence-corrected chi connectivity index (χ1v) is 4.63. The molecule has 4 heteroatoms. The van der Waals surface area contributed by atoms with Gasteiger partial charge in [0, 0.05) is 13.2 Å². The minimum absolute atomic E-state index is 0.199. The van der Waals surface area contributed by atoms with Crippen LogP contribution >= 0.6 is 0 Å². The standard InChI is InChI=1S/C9H16N2O2/c1-2-6-13-9-7-10-11(8-9)4-3-5-12/h7-8,12H,2-6H2,1H3. The molecule has 13 heavy (non-hydrogen) atoms. The average molecular weight is 184 g/mol. The normalized spacial score (nSPS) is 10.3. The Hall–Kier alpha value is -1.03. The van der Waals surface area contributed by atoms with Crippen LogP contribution in [0.1, 0.15) is 19.8 Å². The Morgan fingerprint density at radius 3 is 3.15 bits per heavy atom. The van der Waals surface area contributed by atoms with Gasteiger partial charge in [-0.3, -0.25) is 4.68 Å². The molecule has 1 heterocycles. The topological polar surface area (TPSA) is 47.3 Å². The Kier molecular flexibility index (Phi) is 4.32. The van der Waals surface area contributed by atoms with E-state index in [1.807, 2.05) is 6.20 Å². The van der Waals surface area contributed by atoms with Crippen molar-refractivity contribution in [3.8, 4) is 5.75 Å². The second-order valence-electron chi connectivity index (χ2n) is 2.86. The molecule has 0 aliphatic carbocycles. The summed E-state index contributed by atoms with van der Waals surface area (Å²) in [6, 6.07) is 0. The van der Waals surface area contributed by atoms with Gasteiger partial charge in [0.1, 0.15) is 0 Å². The number of aryl methyl sites for hydroxylation is 1. The maximum Gasteiger partial charge on any atom is 0.157 e. The lowest BCUT2D eigenvalue weighted by Crippen LogP contribution is -2.00. The fourth-order valence-corrected chi connectivity index (χ4v) is 0.994. The third kappa shape index (κ3) is 3.46. The van der Waals surface area contributed by atoms with Gasteiger partial charge in [0.05, 0.1) is 19.0 Å². The molecule has 1 N–H and O–H groups in total. The molecule has 0 aliphatic rings. The molecule has 1 aromatic heterocycles. The SMILES string of the molecule is CCCOc1cnn(CCCO)c1. The minimum atomic E-state index is 0.199. The smallest absolute Gasteiger partial charge is 0.157 e. The quantitative estimate of drug-likeness (QED) is 0.719. The van der Waals surface area contributed by atoms with Crippen molar-refractivity contribution >= 4 is 0 Å². The van der Waals surface area contributed by atoms with Crippen LogP contribution in [0.25, 0.3) is 0 Å². The molecular formula is C9H16N2O2. The molecule has 0 fully saturated rings. The summed E-state index contributed by atoms with van der Waals surface area (Å²) in [4.78, 5) is 0. The fourth-order valence-electron chi connectivity index (χ4n) is 0.994. The molecule has 1 rings (SSSR count). The number of rotatable bonds is 6. The van der Waals surface area contributed by atoms with E-state index < -0.39 is 0 Å². The van der Waals surface area contributed by atoms with E-state index in [1.54, 1.807) is 10.9 Å². The van der Waals surface area contributed by atoms with Gasteiger partial charge in [-0.15, -0.1) is 0 Å². The minimum Gasteiger partial charge on any atom is -0.490 e. The van der Waals surface area contributed by atoms with Crippen LogP contribution in [-0.4, -0.2) is 28.1 Å². The van der Waals surface area contributed by atoms with Crippen molar-refractivity contribution < 1.29 is 9.84 Å². The van der Waals surface area contributed by atoms with Gasteiger partial charge in [0.15, 0.2) is 5.75 Å². The van der Waals surface area contributed by atoms with Crippen molar-refractivity contribution in [2.45, 2.75) is 26.3 Å². The highest BCUT2D eigenvalue weighted by Crippen LogP contribution is 2.08. The Morgan fingerprint density at radius 2 is 2.46 bits per heavy atom. The van der Waals surface area contributed by atoms with Crippen LogP contribution in [-0.2, 0) is 6.54 Å². The van der Waals surface area contributed by atoms with E-state index in [0.29, 0.717) is 0 Å². The third-order valence-electron chi connectivity index (χ3n) is 1.63. The first-order valence-electron chi connectivity index (χ1n) is 4.63. The third-order valence-corrected chi connectivity index (χ3v) is 1.63. The second-order valence-corrected chi connectivity index (χ2v) is 2.86. The summed E-state index contributed by atoms with van der Waals surface area (Å²) in [7, 11) is 0. The maximum absolute atomic E-state index is 8.60. The van der Waals surface area contributed by atoms with E-state index in [0.717, 1.165) is 31.7 Å². The molecule has 1 aromatic rings. The van der Waals surface area contributed by atoms with Crippen molar-refractivity contribution in [1.82, 2.24) is 9.78 Å². The number of hydrogen-bond acceptors (Lipinski definition) is 3. The van der Waals surface area contributed by atoms with Crippen LogP contribution in [0, 0.1) is 0 Å². The van der Waals surface area contributed by atoms with E-state index >= 15 is 0 Å². The molecule has 0 bridgehead atoms. The number of aromatic nitrogens is 2. The summed E-state index contributed by atoms with van der Waals surface area (Å²) < 4.78 is 7.15. The van der Waals surface area contributed by atoms with Crippen molar-refractivity contribution in [2.75, 3.05) is 13.2 Å². The van der Waals surface area contributed by atoms with E-state index in [1.165, 1.54) is 0 Å². The summed E-state index contributed by atoms with van der Waals surface area (Å²) in [5.41, 5.74) is 0. The summed E-state index contributed by atoms with van der Waals surface area (Å²) in [6.07, 6.45) is 5.29. The molecule has 0 saturated carbocycles. The first kappa shape index (κ1) is 10.1. The van der Waals surface area contributed by atoms with Crippen LogP contribution in [0.2, 0.25) is 0 Å². The molecule has 0 aliphatic heterocycles. The zero-order chi connectivity index (χ0) is 9.52. The fraction of sp³-hybridized carbons (Fsp3) is 0.667. The van der Waals surface area contributed by atoms with Crippen LogP contribution in [0.4, 0.5) is 0 Å². The molecule has 0 saturated heterocycles. The first-order chi connectivity index (χ1) is 6.36. The molecule has 4 nitrogen and oxygen atoms in total. The van der Waals surface area contributed by atoms with Gasteiger partial charge in [-0.05, 0) is 12.8 Å². The zero-order valence-corrected chi connectivity index (χ0v) is 7.94. The van der Waals surface area contributed by atoms with Gasteiger partial charge >= 0.3 is 0 Å². The predicted octanol–water partition coefficient (Wildman–Crippen LogP) is 1.05. The molecule has 0 atom stereocenters. The molecular weight excluding hydrogens is 168 g/mol. The molecule has 0 spiro atoms. The number of aliphatic hydroxyl groups is 1. The molecule has 0 radical (unpaired) electrons. The van der Waals surface area contributed by atoms with Crippen molar-refractivity contribution in [3.63, 3.8) is 0 Å². The van der Waals surface area contributed by atoms with Gasteiger partial charge < -0.3 is 9.84 Å². The zero-order valence-electron chi connectivity index (χ0n) is 7.94. The van der Waals surface area contributed by atoms with Crippen LogP contribution in [0.15, 0.2) is 12.4 Å². The van der Waals surface area contributed by atoms with E-state index in [9.17, 15) is 0 Å². The Morgan fingerprint density at radius 1 is 1.62 bits per heavy atom. The number of aliphatic hydroxyl groups excluding tert-OH is 1. The lowest BCUT2D eigenvalue weighted by Gasteiger charge is -1.99. The van der Waals surface area contributed by atoms with E-state index in [-0.39, 0.29) is 6.61 Å². The lowest BCUT2D eigenvalue weighted by atomic mass is 10.4. The van der Waals surface area contributed by atoms with Crippen LogP contribution in [0.3, 0.4) is 0 Å². The van der Waals surface area contributed by atoms with Crippen LogP contribution < -0.4 is 4.74 Å². The Bertz CT molecular complexity index is 213. The largest absolute Gasteiger partial charge is 0.490 e. The predicted molar refractivity (Wildman–Crippen MR) is 49.7 cm³/mol. The van der Waals surface area contributed by atoms with Gasteiger partial charge in [-0.1, -0.05) is 6.92 Å². The summed E-state index contributed by atoms with van der Waals surface area (Å²) >= 11 is 0. The highest BCUT2D eigenvalue weighted by atomic mass is 16.5. The summed E-state index contributed by atoms with van der Waals surface area (Å²) in [6.45, 7) is 3.73. The molecule has 0 amide bonds. The van der Waals surface area contributed by atoms with E-state index in [4.69, 9.17) is 9.84 Å². The Labute approximate surface area is 78.1 Å². The number of ether oxygens (including phenoxy) is 1. The van der Waals surface area contributed by atoms with Crippen molar-refractivity contribution in [3.05, 3.63) is 12.4 Å². The average Bonchev–Trinajstić information content (AvgIpc) is 2.59. The highest BCUT2D eigenvalue weighted by molar-refractivity contribution is 5.11. The van der Waals surface area contributed by atoms with Crippen LogP contribution in [0.5, 0.6) is 5.75 Å². The highest BCUT2D eigenvalue weighted by Gasteiger charge is 1.97. The monoisotopic (exact) mass is 184 g/mol. The van der Waals surface area contributed by atoms with Gasteiger partial charge in [0.25, 0.3) is 0 Å². The second kappa shape index (κ2) is 5.59. The Balaban J connectivity index is 2.34. The molecule has 0 unspecified atom stereocenters. The van der Waals surface area contributed by atoms with Crippen molar-refractivity contribution in [1.29, 1.82) is 0 Å². The van der Waals surface area contributed by atoms with E-state index in [2.05, 4.69) is 12.0 Å². The van der Waals surface area contributed by atoms with Crippen molar-refractivity contribution in [2.24, 2.45) is 0 Å². The molecule has 0 aromatic carbocycles. The van der Waals surface area contributed by atoms with Gasteiger partial charge in [0.2, 0.25) is 0 Å². The number of hydrogen-bond donors (Lipinski definition) is 1.